The van der Waals surface area contributed by atoms with Gasteiger partial charge in [-0.05, 0) is 65.1 Å². The maximum absolute atomic E-state index is 6.11. The minimum Gasteiger partial charge on any atom is -0.501 e. The van der Waals surface area contributed by atoms with Gasteiger partial charge in [-0.15, -0.1) is 54.1 Å². The van der Waals surface area contributed by atoms with E-state index in [1.54, 1.807) is 0 Å². The standard InChI is InChI=1S/C22H20NO.C20H21N2.Ir/c1-22(2,3)14-15-11-12-23-19(13-15)18-9-6-8-17-16-7-4-5-10-20(16)24-21(17)18;1-20(2,3)13-15-9-10-17-18-16(15)11-12-22(18)19(21-17)14-7-5-4-6-8-14;/h4-8,10-13H,14H2,1-3H3;4-7,9-10H,11-13H2,1-3H3;/q2*-1;. The minimum absolute atomic E-state index is 0. The van der Waals surface area contributed by atoms with Gasteiger partial charge in [-0.25, -0.2) is 0 Å². The molecule has 7 aromatic rings. The van der Waals surface area contributed by atoms with Crippen molar-refractivity contribution in [3.05, 3.63) is 120 Å². The Morgan fingerprint density at radius 3 is 2.36 bits per heavy atom. The van der Waals surface area contributed by atoms with E-state index in [1.165, 1.54) is 22.2 Å². The van der Waals surface area contributed by atoms with Gasteiger partial charge in [0, 0.05) is 38.2 Å². The molecule has 0 saturated heterocycles. The fraction of sp³-hybridized carbons (Fsp3) is 0.286. The van der Waals surface area contributed by atoms with E-state index in [9.17, 15) is 0 Å². The first kappa shape index (κ1) is 32.9. The van der Waals surface area contributed by atoms with Crippen molar-refractivity contribution in [2.45, 2.75) is 67.3 Å². The quantitative estimate of drug-likeness (QED) is 0.167. The number of aryl methyl sites for hydroxylation is 2. The van der Waals surface area contributed by atoms with Gasteiger partial charge in [-0.1, -0.05) is 88.4 Å². The maximum Gasteiger partial charge on any atom is 0.120 e. The number of hydrogen-bond acceptors (Lipinski definition) is 3. The molecule has 0 spiro atoms. The second-order valence-corrected chi connectivity index (χ2v) is 14.9. The van der Waals surface area contributed by atoms with Crippen molar-refractivity contribution in [3.63, 3.8) is 0 Å². The first-order chi connectivity index (χ1) is 22.0. The molecular formula is C42H41IrN3O-2. The molecule has 0 N–H and O–H groups in total. The molecule has 5 heteroatoms. The zero-order valence-corrected chi connectivity index (χ0v) is 30.5. The Kier molecular flexibility index (Phi) is 9.00. The van der Waals surface area contributed by atoms with Gasteiger partial charge in [0.25, 0.3) is 0 Å². The van der Waals surface area contributed by atoms with Crippen molar-refractivity contribution in [3.8, 4) is 22.6 Å². The summed E-state index contributed by atoms with van der Waals surface area (Å²) in [4.78, 5) is 9.43. The van der Waals surface area contributed by atoms with E-state index in [4.69, 9.17) is 9.40 Å². The van der Waals surface area contributed by atoms with Crippen LogP contribution < -0.4 is 0 Å². The number of rotatable bonds is 4. The smallest absolute Gasteiger partial charge is 0.120 e. The van der Waals surface area contributed by atoms with Crippen molar-refractivity contribution in [2.24, 2.45) is 10.8 Å². The van der Waals surface area contributed by atoms with E-state index in [2.05, 4.69) is 112 Å². The molecule has 0 aliphatic carbocycles. The molecule has 0 atom stereocenters. The normalized spacial score (nSPS) is 12.7. The Bertz CT molecular complexity index is 2180. The van der Waals surface area contributed by atoms with Crippen molar-refractivity contribution in [1.29, 1.82) is 0 Å². The van der Waals surface area contributed by atoms with Gasteiger partial charge in [-0.2, -0.15) is 0 Å². The van der Waals surface area contributed by atoms with E-state index < -0.39 is 0 Å². The van der Waals surface area contributed by atoms with E-state index in [0.717, 1.165) is 75.9 Å². The molecule has 8 rings (SSSR count). The summed E-state index contributed by atoms with van der Waals surface area (Å²) in [6, 6.07) is 35.6. The van der Waals surface area contributed by atoms with Crippen LogP contribution in [0, 0.1) is 23.0 Å². The van der Waals surface area contributed by atoms with E-state index in [0.29, 0.717) is 5.41 Å². The molecule has 0 saturated carbocycles. The van der Waals surface area contributed by atoms with Crippen LogP contribution in [0.1, 0.15) is 58.2 Å². The Labute approximate surface area is 291 Å². The third kappa shape index (κ3) is 6.84. The number of benzene rings is 4. The Morgan fingerprint density at radius 1 is 0.809 bits per heavy atom. The molecule has 1 aliphatic rings. The fourth-order valence-corrected chi connectivity index (χ4v) is 6.75. The van der Waals surface area contributed by atoms with Crippen LogP contribution in [0.4, 0.5) is 0 Å². The predicted molar refractivity (Wildman–Crippen MR) is 190 cm³/mol. The fourth-order valence-electron chi connectivity index (χ4n) is 6.75. The zero-order valence-electron chi connectivity index (χ0n) is 28.1. The molecule has 0 unspecified atom stereocenters. The summed E-state index contributed by atoms with van der Waals surface area (Å²) in [5, 5.41) is 2.25. The maximum atomic E-state index is 6.11. The minimum atomic E-state index is 0. The number of pyridine rings is 1. The number of furan rings is 1. The molecule has 0 bridgehead atoms. The topological polar surface area (TPSA) is 43.9 Å². The van der Waals surface area contributed by atoms with Crippen LogP contribution in [0.2, 0.25) is 0 Å². The molecule has 1 radical (unpaired) electrons. The molecule has 0 fully saturated rings. The molecule has 4 aromatic carbocycles. The van der Waals surface area contributed by atoms with Crippen LogP contribution in [-0.2, 0) is 45.9 Å². The second-order valence-electron chi connectivity index (χ2n) is 14.9. The van der Waals surface area contributed by atoms with Crippen molar-refractivity contribution >= 4 is 33.0 Å². The molecule has 241 valence electrons. The summed E-state index contributed by atoms with van der Waals surface area (Å²) in [6.45, 7) is 14.7. The average molecular weight is 796 g/mol. The molecule has 4 nitrogen and oxygen atoms in total. The number of fused-ring (bicyclic) bond motifs is 3. The second kappa shape index (κ2) is 12.9. The van der Waals surface area contributed by atoms with Crippen molar-refractivity contribution < 1.29 is 24.5 Å². The van der Waals surface area contributed by atoms with Crippen molar-refractivity contribution in [1.82, 2.24) is 14.5 Å². The van der Waals surface area contributed by atoms with E-state index in [1.807, 2.05) is 42.6 Å². The Hall–Kier alpha value is -4.05. The predicted octanol–water partition coefficient (Wildman–Crippen LogP) is 10.7. The first-order valence-corrected chi connectivity index (χ1v) is 16.3. The number of nitrogens with zero attached hydrogens (tertiary/aromatic N) is 3. The van der Waals surface area contributed by atoms with Gasteiger partial charge < -0.3 is 14.0 Å². The van der Waals surface area contributed by atoms with E-state index >= 15 is 0 Å². The largest absolute Gasteiger partial charge is 0.501 e. The SMILES string of the molecule is CC(C)(C)Cc1ccc2nc(-c3[c-]cccc3)n3c2c1CC3.CC(C)(C)Cc1ccnc(-c2[c-]ccc3c2oc2ccccc23)c1.[Ir]. The summed E-state index contributed by atoms with van der Waals surface area (Å²) < 4.78 is 8.49. The molecule has 1 aliphatic heterocycles. The van der Waals surface area contributed by atoms with Gasteiger partial charge in [0.2, 0.25) is 0 Å². The first-order valence-electron chi connectivity index (χ1n) is 16.3. The van der Waals surface area contributed by atoms with Gasteiger partial charge in [0.15, 0.2) is 0 Å². The van der Waals surface area contributed by atoms with Crippen LogP contribution in [0.25, 0.3) is 55.6 Å². The number of para-hydroxylation sites is 1. The van der Waals surface area contributed by atoms with Crippen LogP contribution in [0.3, 0.4) is 0 Å². The Morgan fingerprint density at radius 2 is 1.60 bits per heavy atom. The molecular weight excluding hydrogens is 755 g/mol. The van der Waals surface area contributed by atoms with Crippen molar-refractivity contribution in [2.75, 3.05) is 0 Å². The number of hydrogen-bond donors (Lipinski definition) is 0. The van der Waals surface area contributed by atoms with Crippen LogP contribution in [0.15, 0.2) is 95.5 Å². The monoisotopic (exact) mass is 796 g/mol. The Balaban J connectivity index is 0.000000161. The van der Waals surface area contributed by atoms with Crippen LogP contribution in [0.5, 0.6) is 0 Å². The number of aromatic nitrogens is 3. The molecule has 3 aromatic heterocycles. The van der Waals surface area contributed by atoms with Gasteiger partial charge in [-0.3, -0.25) is 4.98 Å². The third-order valence-corrected chi connectivity index (χ3v) is 8.52. The molecule has 0 amide bonds. The summed E-state index contributed by atoms with van der Waals surface area (Å²) in [5.74, 6) is 1.06. The summed E-state index contributed by atoms with van der Waals surface area (Å²) >= 11 is 0. The van der Waals surface area contributed by atoms with Gasteiger partial charge >= 0.3 is 0 Å². The average Bonchev–Trinajstić information content (AvgIpc) is 3.73. The summed E-state index contributed by atoms with van der Waals surface area (Å²) in [5.41, 5.74) is 12.0. The van der Waals surface area contributed by atoms with Crippen LogP contribution in [-0.4, -0.2) is 14.5 Å². The van der Waals surface area contributed by atoms with Crippen LogP contribution >= 0.6 is 0 Å². The number of imidazole rings is 1. The summed E-state index contributed by atoms with van der Waals surface area (Å²) in [7, 11) is 0. The van der Waals surface area contributed by atoms with Gasteiger partial charge in [0.1, 0.15) is 5.58 Å². The van der Waals surface area contributed by atoms with Gasteiger partial charge in [0.05, 0.1) is 22.4 Å². The zero-order chi connectivity index (χ0) is 32.1. The third-order valence-electron chi connectivity index (χ3n) is 8.52. The molecule has 47 heavy (non-hydrogen) atoms. The van der Waals surface area contributed by atoms with E-state index in [-0.39, 0.29) is 25.5 Å². The molecule has 4 heterocycles. The summed E-state index contributed by atoms with van der Waals surface area (Å²) in [6.07, 6.45) is 5.14.